The quantitative estimate of drug-likeness (QED) is 0.241. The number of carbonyl (C=O) groups is 2. The van der Waals surface area contributed by atoms with Crippen molar-refractivity contribution in [1.82, 2.24) is 20.8 Å². The van der Waals surface area contributed by atoms with E-state index in [2.05, 4.69) is 55.1 Å². The number of ether oxygens (including phenoxy) is 1. The van der Waals surface area contributed by atoms with Crippen molar-refractivity contribution >= 4 is 61.8 Å². The van der Waals surface area contributed by atoms with Crippen LogP contribution < -0.4 is 16.0 Å². The first kappa shape index (κ1) is 24.3. The Morgan fingerprint density at radius 1 is 1.26 bits per heavy atom. The first-order valence-corrected chi connectivity index (χ1v) is 13.1. The number of para-hydroxylation sites is 1. The number of aromatic nitrogens is 2. The van der Waals surface area contributed by atoms with Gasteiger partial charge < -0.3 is 25.1 Å². The first-order chi connectivity index (χ1) is 16.5. The van der Waals surface area contributed by atoms with E-state index in [9.17, 15) is 9.59 Å². The number of anilines is 2. The molecule has 0 unspecified atom stereocenters. The van der Waals surface area contributed by atoms with Gasteiger partial charge in [-0.3, -0.25) is 0 Å². The lowest BCUT2D eigenvalue weighted by Gasteiger charge is -2.27. The van der Waals surface area contributed by atoms with Crippen molar-refractivity contribution in [3.63, 3.8) is 0 Å². The SMILES string of the molecule is CCOC(=O)C1=C(CSc2nnc(Nc3ccccc3CC)s2)NC(=O)N[C@H]1c1ccc(Br)o1. The molecule has 9 nitrogen and oxygen atoms in total. The van der Waals surface area contributed by atoms with Gasteiger partial charge in [-0.05, 0) is 53.0 Å². The Morgan fingerprint density at radius 2 is 2.09 bits per heavy atom. The van der Waals surface area contributed by atoms with Crippen LogP contribution in [0.4, 0.5) is 15.6 Å². The molecule has 178 valence electrons. The third-order valence-corrected chi connectivity index (χ3v) is 7.34. The van der Waals surface area contributed by atoms with Crippen LogP contribution in [0.15, 0.2) is 61.1 Å². The summed E-state index contributed by atoms with van der Waals surface area (Å²) in [6.07, 6.45) is 0.898. The highest BCUT2D eigenvalue weighted by Crippen LogP contribution is 2.34. The van der Waals surface area contributed by atoms with Gasteiger partial charge in [-0.15, -0.1) is 10.2 Å². The van der Waals surface area contributed by atoms with Crippen molar-refractivity contribution in [2.45, 2.75) is 30.6 Å². The molecule has 0 bridgehead atoms. The average molecular weight is 564 g/mol. The molecule has 0 saturated carbocycles. The van der Waals surface area contributed by atoms with Crippen molar-refractivity contribution in [2.24, 2.45) is 0 Å². The maximum absolute atomic E-state index is 12.8. The lowest BCUT2D eigenvalue weighted by atomic mass is 10.0. The molecule has 3 heterocycles. The summed E-state index contributed by atoms with van der Waals surface area (Å²) in [4.78, 5) is 25.2. The van der Waals surface area contributed by atoms with Crippen LogP contribution in [0.3, 0.4) is 0 Å². The lowest BCUT2D eigenvalue weighted by molar-refractivity contribution is -0.139. The van der Waals surface area contributed by atoms with Crippen LogP contribution in [0.1, 0.15) is 31.2 Å². The smallest absolute Gasteiger partial charge is 0.338 e. The molecule has 0 aliphatic carbocycles. The largest absolute Gasteiger partial charge is 0.463 e. The predicted molar refractivity (Wildman–Crippen MR) is 134 cm³/mol. The summed E-state index contributed by atoms with van der Waals surface area (Å²) in [5.74, 6) is 0.184. The third-order valence-electron chi connectivity index (χ3n) is 4.91. The van der Waals surface area contributed by atoms with Gasteiger partial charge in [0.2, 0.25) is 5.13 Å². The van der Waals surface area contributed by atoms with Gasteiger partial charge in [-0.2, -0.15) is 0 Å². The molecule has 1 aliphatic heterocycles. The number of benzene rings is 1. The van der Waals surface area contributed by atoms with Crippen molar-refractivity contribution in [3.8, 4) is 0 Å². The maximum Gasteiger partial charge on any atom is 0.338 e. The van der Waals surface area contributed by atoms with E-state index in [1.54, 1.807) is 19.1 Å². The highest BCUT2D eigenvalue weighted by atomic mass is 79.9. The Bertz CT molecular complexity index is 1230. The minimum atomic E-state index is -0.771. The molecule has 34 heavy (non-hydrogen) atoms. The fourth-order valence-corrected chi connectivity index (χ4v) is 5.45. The summed E-state index contributed by atoms with van der Waals surface area (Å²) in [6.45, 7) is 4.03. The van der Waals surface area contributed by atoms with E-state index in [4.69, 9.17) is 9.15 Å². The Kier molecular flexibility index (Phi) is 7.91. The van der Waals surface area contributed by atoms with E-state index in [0.29, 0.717) is 31.4 Å². The fraction of sp³-hybridized carbons (Fsp3) is 0.273. The van der Waals surface area contributed by atoms with E-state index in [1.807, 2.05) is 18.2 Å². The van der Waals surface area contributed by atoms with Crippen LogP contribution in [0.5, 0.6) is 0 Å². The number of hydrogen-bond acceptors (Lipinski definition) is 9. The van der Waals surface area contributed by atoms with Crippen LogP contribution in [-0.2, 0) is 16.0 Å². The molecular formula is C22H22BrN5O4S2. The number of nitrogens with one attached hydrogen (secondary N) is 3. The van der Waals surface area contributed by atoms with E-state index in [-0.39, 0.29) is 12.2 Å². The van der Waals surface area contributed by atoms with Crippen LogP contribution in [-0.4, -0.2) is 34.6 Å². The summed E-state index contributed by atoms with van der Waals surface area (Å²) < 4.78 is 12.1. The zero-order valence-electron chi connectivity index (χ0n) is 18.4. The second-order valence-electron chi connectivity index (χ2n) is 7.08. The van der Waals surface area contributed by atoms with Crippen LogP contribution in [0.25, 0.3) is 0 Å². The first-order valence-electron chi connectivity index (χ1n) is 10.5. The number of aryl methyl sites for hydroxylation is 1. The Labute approximate surface area is 212 Å². The number of halogens is 1. The molecule has 1 atom stereocenters. The monoisotopic (exact) mass is 563 g/mol. The van der Waals surface area contributed by atoms with E-state index in [1.165, 1.54) is 28.7 Å². The highest BCUT2D eigenvalue weighted by Gasteiger charge is 2.35. The number of rotatable bonds is 9. The van der Waals surface area contributed by atoms with Gasteiger partial charge in [0.1, 0.15) is 11.8 Å². The average Bonchev–Trinajstić information content (AvgIpc) is 3.46. The Morgan fingerprint density at radius 3 is 2.82 bits per heavy atom. The van der Waals surface area contributed by atoms with Crippen molar-refractivity contribution in [1.29, 1.82) is 0 Å². The van der Waals surface area contributed by atoms with Gasteiger partial charge in [0, 0.05) is 17.1 Å². The summed E-state index contributed by atoms with van der Waals surface area (Å²) in [5, 5.41) is 17.9. The fourth-order valence-electron chi connectivity index (χ4n) is 3.40. The molecule has 3 N–H and O–H groups in total. The van der Waals surface area contributed by atoms with Gasteiger partial charge in [0.05, 0.1) is 12.2 Å². The predicted octanol–water partition coefficient (Wildman–Crippen LogP) is 5.16. The van der Waals surface area contributed by atoms with Crippen molar-refractivity contribution in [2.75, 3.05) is 17.7 Å². The topological polar surface area (TPSA) is 118 Å². The number of urea groups is 1. The number of nitrogens with zero attached hydrogens (tertiary/aromatic N) is 2. The number of carbonyl (C=O) groups excluding carboxylic acids is 2. The van der Waals surface area contributed by atoms with Crippen LogP contribution in [0.2, 0.25) is 0 Å². The molecular weight excluding hydrogens is 542 g/mol. The number of thioether (sulfide) groups is 1. The van der Waals surface area contributed by atoms with Crippen molar-refractivity contribution < 1.29 is 18.7 Å². The van der Waals surface area contributed by atoms with E-state index >= 15 is 0 Å². The van der Waals surface area contributed by atoms with Crippen LogP contribution in [0, 0.1) is 0 Å². The Balaban J connectivity index is 1.54. The third kappa shape index (κ3) is 5.62. The van der Waals surface area contributed by atoms with Gasteiger partial charge in [-0.1, -0.05) is 48.2 Å². The molecule has 0 fully saturated rings. The molecule has 2 aromatic heterocycles. The number of amides is 2. The molecule has 2 amide bonds. The molecule has 1 aromatic carbocycles. The van der Waals surface area contributed by atoms with Gasteiger partial charge >= 0.3 is 12.0 Å². The van der Waals surface area contributed by atoms with Gasteiger partial charge in [0.15, 0.2) is 9.01 Å². The molecule has 3 aromatic rings. The van der Waals surface area contributed by atoms with Crippen molar-refractivity contribution in [3.05, 3.63) is 63.7 Å². The number of furan rings is 1. The normalized spacial score (nSPS) is 15.6. The summed E-state index contributed by atoms with van der Waals surface area (Å²) in [6, 6.07) is 10.2. The summed E-state index contributed by atoms with van der Waals surface area (Å²) >= 11 is 6.03. The summed E-state index contributed by atoms with van der Waals surface area (Å²) in [7, 11) is 0. The lowest BCUT2D eigenvalue weighted by Crippen LogP contribution is -2.46. The maximum atomic E-state index is 12.8. The highest BCUT2D eigenvalue weighted by molar-refractivity contribution is 9.10. The molecule has 0 spiro atoms. The zero-order valence-corrected chi connectivity index (χ0v) is 21.6. The van der Waals surface area contributed by atoms with Gasteiger partial charge in [-0.25, -0.2) is 9.59 Å². The summed E-state index contributed by atoms with van der Waals surface area (Å²) in [5.41, 5.74) is 2.90. The minimum Gasteiger partial charge on any atom is -0.463 e. The second-order valence-corrected chi connectivity index (χ2v) is 10.1. The molecule has 12 heteroatoms. The van der Waals surface area contributed by atoms with E-state index < -0.39 is 18.0 Å². The number of hydrogen-bond donors (Lipinski definition) is 3. The van der Waals surface area contributed by atoms with Gasteiger partial charge in [0.25, 0.3) is 0 Å². The standard InChI is InChI=1S/C22H22BrN5O4S2/c1-3-12-7-5-6-8-13(12)25-21-27-28-22(34-21)33-11-14-17(19(29)31-4-2)18(26-20(30)24-14)15-9-10-16(23)32-15/h5-10,18H,3-4,11H2,1-2H3,(H,25,27)(H2,24,26,30)/t18-/m0/s1. The Hall–Kier alpha value is -2.83. The van der Waals surface area contributed by atoms with Crippen LogP contribution >= 0.6 is 39.0 Å². The molecule has 0 radical (unpaired) electrons. The molecule has 1 aliphatic rings. The second kappa shape index (κ2) is 11.1. The number of esters is 1. The molecule has 4 rings (SSSR count). The zero-order chi connectivity index (χ0) is 24.1. The minimum absolute atomic E-state index is 0.204. The van der Waals surface area contributed by atoms with E-state index in [0.717, 1.165) is 12.1 Å². The molecule has 0 saturated heterocycles.